The monoisotopic (exact) mass is 449 g/mol. The average Bonchev–Trinajstić information content (AvgIpc) is 3.18. The number of esters is 1. The minimum Gasteiger partial charge on any atom is -0.481 e. The van der Waals surface area contributed by atoms with E-state index >= 15 is 0 Å². The number of rotatable bonds is 10. The highest BCUT2D eigenvalue weighted by molar-refractivity contribution is 5.99. The van der Waals surface area contributed by atoms with E-state index in [4.69, 9.17) is 9.84 Å². The van der Waals surface area contributed by atoms with Crippen molar-refractivity contribution in [3.8, 4) is 22.5 Å². The molecule has 3 aromatic rings. The van der Waals surface area contributed by atoms with E-state index in [0.717, 1.165) is 11.1 Å². The summed E-state index contributed by atoms with van der Waals surface area (Å²) in [6, 6.07) is 20.6. The quantitative estimate of drug-likeness (QED) is 0.403. The number of carboxylic acids is 1. The van der Waals surface area contributed by atoms with Gasteiger partial charge in [0, 0.05) is 12.6 Å². The number of benzene rings is 2. The van der Waals surface area contributed by atoms with Gasteiger partial charge in [-0.15, -0.1) is 0 Å². The van der Waals surface area contributed by atoms with Crippen LogP contribution in [-0.4, -0.2) is 50.6 Å². The number of aliphatic hydroxyl groups excluding tert-OH is 2. The number of ether oxygens (including phenoxy) is 1. The van der Waals surface area contributed by atoms with Crippen LogP contribution in [0.15, 0.2) is 72.8 Å². The van der Waals surface area contributed by atoms with Gasteiger partial charge in [0.1, 0.15) is 0 Å². The lowest BCUT2D eigenvalue weighted by atomic mass is 10.1. The Morgan fingerprint density at radius 3 is 2.18 bits per heavy atom. The van der Waals surface area contributed by atoms with Crippen LogP contribution in [0.1, 0.15) is 30.1 Å². The van der Waals surface area contributed by atoms with Crippen LogP contribution >= 0.6 is 0 Å². The summed E-state index contributed by atoms with van der Waals surface area (Å²) in [5.41, 5.74) is 3.34. The van der Waals surface area contributed by atoms with Gasteiger partial charge in [-0.1, -0.05) is 60.7 Å². The van der Waals surface area contributed by atoms with Crippen molar-refractivity contribution in [2.75, 3.05) is 6.61 Å². The molecule has 2 atom stereocenters. The number of hydrogen-bond donors (Lipinski definition) is 3. The van der Waals surface area contributed by atoms with Crippen LogP contribution < -0.4 is 0 Å². The molecule has 33 heavy (non-hydrogen) atoms. The van der Waals surface area contributed by atoms with Gasteiger partial charge in [-0.2, -0.15) is 0 Å². The van der Waals surface area contributed by atoms with Crippen molar-refractivity contribution in [3.05, 3.63) is 78.4 Å². The number of carbonyl (C=O) groups excluding carboxylic acids is 1. The standard InChI is InChI=1S/C26H27NO6/c1-2-33-26(32)22-17-23(18-9-5-3-6-10-18)27(25(22)19-11-7-4-8-12-19)14-13-20(28)15-21(29)16-24(30)31/h3-14,17,20-21,28-29H,2,15-16H2,1H3,(H,30,31)/b14-13+/t20-,21-/m1/s1. The lowest BCUT2D eigenvalue weighted by Crippen LogP contribution is -2.19. The van der Waals surface area contributed by atoms with E-state index in [-0.39, 0.29) is 13.0 Å². The second kappa shape index (κ2) is 11.3. The Labute approximate surface area is 192 Å². The van der Waals surface area contributed by atoms with Gasteiger partial charge in [0.2, 0.25) is 0 Å². The van der Waals surface area contributed by atoms with E-state index in [1.165, 1.54) is 6.08 Å². The molecule has 172 valence electrons. The lowest BCUT2D eigenvalue weighted by molar-refractivity contribution is -0.139. The maximum absolute atomic E-state index is 12.8. The normalized spacial score (nSPS) is 13.1. The van der Waals surface area contributed by atoms with E-state index in [2.05, 4.69) is 0 Å². The van der Waals surface area contributed by atoms with Crippen molar-refractivity contribution >= 4 is 18.1 Å². The van der Waals surface area contributed by atoms with Gasteiger partial charge < -0.3 is 24.6 Å². The van der Waals surface area contributed by atoms with E-state index in [0.29, 0.717) is 17.0 Å². The highest BCUT2D eigenvalue weighted by atomic mass is 16.5. The third kappa shape index (κ3) is 6.19. The van der Waals surface area contributed by atoms with Crippen LogP contribution in [0, 0.1) is 0 Å². The SMILES string of the molecule is CCOC(=O)c1cc(-c2ccccc2)n(/C=C/[C@@H](O)C[C@@H](O)CC(=O)O)c1-c1ccccc1. The molecular formula is C26H27NO6. The molecule has 0 spiro atoms. The van der Waals surface area contributed by atoms with Crippen molar-refractivity contribution in [2.24, 2.45) is 0 Å². The molecule has 0 bridgehead atoms. The largest absolute Gasteiger partial charge is 0.481 e. The lowest BCUT2D eigenvalue weighted by Gasteiger charge is -2.13. The topological polar surface area (TPSA) is 109 Å². The highest BCUT2D eigenvalue weighted by Gasteiger charge is 2.23. The van der Waals surface area contributed by atoms with Crippen LogP contribution in [0.5, 0.6) is 0 Å². The molecular weight excluding hydrogens is 422 g/mol. The Morgan fingerprint density at radius 2 is 1.61 bits per heavy atom. The molecule has 3 rings (SSSR count). The predicted molar refractivity (Wildman–Crippen MR) is 125 cm³/mol. The highest BCUT2D eigenvalue weighted by Crippen LogP contribution is 2.34. The number of aliphatic carboxylic acids is 1. The number of nitrogens with zero attached hydrogens (tertiary/aromatic N) is 1. The summed E-state index contributed by atoms with van der Waals surface area (Å²) in [6.45, 7) is 1.98. The summed E-state index contributed by atoms with van der Waals surface area (Å²) in [5, 5.41) is 29.0. The summed E-state index contributed by atoms with van der Waals surface area (Å²) in [5.74, 6) is -1.60. The maximum atomic E-state index is 12.8. The molecule has 1 aromatic heterocycles. The van der Waals surface area contributed by atoms with E-state index in [1.807, 2.05) is 60.7 Å². The van der Waals surface area contributed by atoms with E-state index in [1.54, 1.807) is 23.8 Å². The van der Waals surface area contributed by atoms with Crippen molar-refractivity contribution in [3.63, 3.8) is 0 Å². The number of carbonyl (C=O) groups is 2. The fourth-order valence-corrected chi connectivity index (χ4v) is 3.59. The van der Waals surface area contributed by atoms with Gasteiger partial charge in [0.05, 0.1) is 42.2 Å². The summed E-state index contributed by atoms with van der Waals surface area (Å²) in [4.78, 5) is 23.6. The van der Waals surface area contributed by atoms with Crippen molar-refractivity contribution in [1.82, 2.24) is 4.57 Å². The van der Waals surface area contributed by atoms with Gasteiger partial charge in [-0.3, -0.25) is 4.79 Å². The molecule has 0 radical (unpaired) electrons. The fraction of sp³-hybridized carbons (Fsp3) is 0.231. The van der Waals surface area contributed by atoms with Gasteiger partial charge in [-0.25, -0.2) is 4.79 Å². The first-order valence-corrected chi connectivity index (χ1v) is 10.7. The van der Waals surface area contributed by atoms with Gasteiger partial charge in [-0.05, 0) is 30.2 Å². The molecule has 2 aromatic carbocycles. The first kappa shape index (κ1) is 24.0. The first-order chi connectivity index (χ1) is 15.9. The van der Waals surface area contributed by atoms with Gasteiger partial charge in [0.15, 0.2) is 0 Å². The van der Waals surface area contributed by atoms with E-state index in [9.17, 15) is 19.8 Å². The first-order valence-electron chi connectivity index (χ1n) is 10.7. The summed E-state index contributed by atoms with van der Waals surface area (Å²) in [6.07, 6.45) is 0.260. The molecule has 0 saturated carbocycles. The molecule has 3 N–H and O–H groups in total. The van der Waals surface area contributed by atoms with Crippen molar-refractivity contribution in [1.29, 1.82) is 0 Å². The molecule has 0 saturated heterocycles. The molecule has 0 unspecified atom stereocenters. The molecule has 0 fully saturated rings. The Bertz CT molecular complexity index is 1100. The second-order valence-electron chi connectivity index (χ2n) is 7.51. The number of carboxylic acid groups (broad SMARTS) is 1. The van der Waals surface area contributed by atoms with Crippen LogP contribution in [0.2, 0.25) is 0 Å². The summed E-state index contributed by atoms with van der Waals surface area (Å²) < 4.78 is 7.09. The zero-order chi connectivity index (χ0) is 23.8. The Hall–Kier alpha value is -3.68. The molecule has 7 nitrogen and oxygen atoms in total. The Kier molecular flexibility index (Phi) is 8.18. The minimum absolute atomic E-state index is 0.129. The molecule has 0 amide bonds. The van der Waals surface area contributed by atoms with Crippen molar-refractivity contribution in [2.45, 2.75) is 32.0 Å². The Morgan fingerprint density at radius 1 is 1.00 bits per heavy atom. The van der Waals surface area contributed by atoms with Gasteiger partial charge in [0.25, 0.3) is 0 Å². The van der Waals surface area contributed by atoms with Crippen LogP contribution in [-0.2, 0) is 9.53 Å². The molecule has 0 aliphatic heterocycles. The van der Waals surface area contributed by atoms with Crippen LogP contribution in [0.4, 0.5) is 0 Å². The summed E-state index contributed by atoms with van der Waals surface area (Å²) in [7, 11) is 0. The Balaban J connectivity index is 2.11. The third-order valence-electron chi connectivity index (χ3n) is 5.03. The number of aromatic nitrogens is 1. The smallest absolute Gasteiger partial charge is 0.340 e. The fourth-order valence-electron chi connectivity index (χ4n) is 3.59. The van der Waals surface area contributed by atoms with Gasteiger partial charge >= 0.3 is 11.9 Å². The molecule has 1 heterocycles. The van der Waals surface area contributed by atoms with E-state index < -0.39 is 30.6 Å². The van der Waals surface area contributed by atoms with Crippen LogP contribution in [0.25, 0.3) is 28.7 Å². The third-order valence-corrected chi connectivity index (χ3v) is 5.03. The zero-order valence-corrected chi connectivity index (χ0v) is 18.3. The predicted octanol–water partition coefficient (Wildman–Crippen LogP) is 4.06. The molecule has 0 aliphatic carbocycles. The maximum Gasteiger partial charge on any atom is 0.340 e. The zero-order valence-electron chi connectivity index (χ0n) is 18.3. The minimum atomic E-state index is -1.18. The average molecular weight is 450 g/mol. The molecule has 7 heteroatoms. The van der Waals surface area contributed by atoms with Crippen LogP contribution in [0.3, 0.4) is 0 Å². The van der Waals surface area contributed by atoms with Crippen molar-refractivity contribution < 1.29 is 29.6 Å². The number of aliphatic hydroxyl groups is 2. The summed E-state index contributed by atoms with van der Waals surface area (Å²) >= 11 is 0. The number of hydrogen-bond acceptors (Lipinski definition) is 5. The second-order valence-corrected chi connectivity index (χ2v) is 7.51. The molecule has 0 aliphatic rings.